The van der Waals surface area contributed by atoms with Crippen molar-refractivity contribution in [3.63, 3.8) is 0 Å². The van der Waals surface area contributed by atoms with Crippen molar-refractivity contribution in [3.05, 3.63) is 93.5 Å². The number of hydrogen-bond acceptors (Lipinski definition) is 5. The molecule has 0 radical (unpaired) electrons. The number of benzene rings is 3. The summed E-state index contributed by atoms with van der Waals surface area (Å²) in [5.41, 5.74) is 5.51. The van der Waals surface area contributed by atoms with Crippen LogP contribution in [0.25, 0.3) is 0 Å². The van der Waals surface area contributed by atoms with Gasteiger partial charge in [0.15, 0.2) is 0 Å². The molecule has 3 aromatic rings. The number of fused-ring (bicyclic) bond motifs is 1. The summed E-state index contributed by atoms with van der Waals surface area (Å²) in [6.07, 6.45) is 0. The number of rotatable bonds is 4. The largest absolute Gasteiger partial charge is 0.497 e. The second-order valence-corrected chi connectivity index (χ2v) is 9.34. The zero-order valence-corrected chi connectivity index (χ0v) is 20.4. The molecule has 0 aromatic heterocycles. The van der Waals surface area contributed by atoms with E-state index >= 15 is 0 Å². The molecule has 7 nitrogen and oxygen atoms in total. The van der Waals surface area contributed by atoms with Gasteiger partial charge in [-0.2, -0.15) is 0 Å². The Balaban J connectivity index is 1.58. The maximum atomic E-state index is 13.7. The van der Waals surface area contributed by atoms with Crippen LogP contribution in [0.1, 0.15) is 27.5 Å². The Morgan fingerprint density at radius 1 is 0.943 bits per heavy atom. The van der Waals surface area contributed by atoms with Crippen molar-refractivity contribution in [1.82, 2.24) is 10.4 Å². The number of ether oxygens (including phenoxy) is 1. The SMILES string of the molecule is COc1ccc(C2NN(C(=O)c3ccc(C)cc3)C3C(=O)N(c4ccc(Cl)cc4Cl)C(=O)C23)cc1. The van der Waals surface area contributed by atoms with Crippen LogP contribution in [0.5, 0.6) is 5.75 Å². The average Bonchev–Trinajstić information content (AvgIpc) is 3.36. The predicted molar refractivity (Wildman–Crippen MR) is 132 cm³/mol. The van der Waals surface area contributed by atoms with E-state index in [1.54, 1.807) is 37.4 Å². The third-order valence-corrected chi connectivity index (χ3v) is 6.92. The molecule has 2 fully saturated rings. The van der Waals surface area contributed by atoms with Gasteiger partial charge in [0.25, 0.3) is 11.8 Å². The number of carbonyl (C=O) groups is 3. The molecule has 35 heavy (non-hydrogen) atoms. The number of hydrazine groups is 1. The van der Waals surface area contributed by atoms with E-state index in [1.807, 2.05) is 31.2 Å². The van der Waals surface area contributed by atoms with Crippen molar-refractivity contribution >= 4 is 46.6 Å². The lowest BCUT2D eigenvalue weighted by Crippen LogP contribution is -2.48. The molecule has 2 saturated heterocycles. The number of nitrogens with zero attached hydrogens (tertiary/aromatic N) is 2. The van der Waals surface area contributed by atoms with Crippen LogP contribution in [-0.4, -0.2) is 35.9 Å². The molecule has 3 amide bonds. The van der Waals surface area contributed by atoms with Crippen LogP contribution in [0.4, 0.5) is 5.69 Å². The van der Waals surface area contributed by atoms with Gasteiger partial charge in [-0.05, 0) is 55.0 Å². The summed E-state index contributed by atoms with van der Waals surface area (Å²) < 4.78 is 5.24. The highest BCUT2D eigenvalue weighted by Gasteiger charge is 2.60. The van der Waals surface area contributed by atoms with E-state index in [-0.39, 0.29) is 10.7 Å². The first-order valence-electron chi connectivity index (χ1n) is 10.9. The number of anilines is 1. The van der Waals surface area contributed by atoms with E-state index in [9.17, 15) is 14.4 Å². The topological polar surface area (TPSA) is 79.0 Å². The lowest BCUT2D eigenvalue weighted by atomic mass is 9.91. The Labute approximate surface area is 212 Å². The van der Waals surface area contributed by atoms with Gasteiger partial charge in [0, 0.05) is 10.6 Å². The Hall–Kier alpha value is -3.39. The molecule has 2 heterocycles. The fraction of sp³-hybridized carbons (Fsp3) is 0.192. The van der Waals surface area contributed by atoms with Gasteiger partial charge in [0.05, 0.1) is 29.8 Å². The molecule has 0 bridgehead atoms. The van der Waals surface area contributed by atoms with Crippen molar-refractivity contribution in [2.75, 3.05) is 12.0 Å². The van der Waals surface area contributed by atoms with Crippen LogP contribution in [0.2, 0.25) is 10.0 Å². The van der Waals surface area contributed by atoms with Gasteiger partial charge in [-0.3, -0.25) is 19.4 Å². The summed E-state index contributed by atoms with van der Waals surface area (Å²) in [5.74, 6) is -1.58. The summed E-state index contributed by atoms with van der Waals surface area (Å²) in [7, 11) is 1.56. The molecule has 3 aromatic carbocycles. The molecule has 9 heteroatoms. The highest BCUT2D eigenvalue weighted by Crippen LogP contribution is 2.44. The van der Waals surface area contributed by atoms with Crippen molar-refractivity contribution in [2.45, 2.75) is 19.0 Å². The molecule has 0 aliphatic carbocycles. The lowest BCUT2D eigenvalue weighted by molar-refractivity contribution is -0.123. The van der Waals surface area contributed by atoms with Crippen LogP contribution in [-0.2, 0) is 9.59 Å². The zero-order chi connectivity index (χ0) is 24.9. The van der Waals surface area contributed by atoms with Gasteiger partial charge in [-0.1, -0.05) is 53.0 Å². The molecule has 0 spiro atoms. The van der Waals surface area contributed by atoms with Gasteiger partial charge in [0.1, 0.15) is 11.8 Å². The van der Waals surface area contributed by atoms with E-state index in [4.69, 9.17) is 27.9 Å². The number of carbonyl (C=O) groups excluding carboxylic acids is 3. The fourth-order valence-electron chi connectivity index (χ4n) is 4.60. The second-order valence-electron chi connectivity index (χ2n) is 8.50. The molecule has 1 N–H and O–H groups in total. The van der Waals surface area contributed by atoms with Crippen LogP contribution < -0.4 is 15.1 Å². The Morgan fingerprint density at radius 3 is 2.26 bits per heavy atom. The van der Waals surface area contributed by atoms with Gasteiger partial charge < -0.3 is 4.74 Å². The molecule has 3 unspecified atom stereocenters. The zero-order valence-electron chi connectivity index (χ0n) is 18.9. The van der Waals surface area contributed by atoms with Crippen LogP contribution >= 0.6 is 23.2 Å². The van der Waals surface area contributed by atoms with E-state index in [0.717, 1.165) is 16.0 Å². The van der Waals surface area contributed by atoms with Gasteiger partial charge >= 0.3 is 0 Å². The predicted octanol–water partition coefficient (Wildman–Crippen LogP) is 4.57. The van der Waals surface area contributed by atoms with Crippen molar-refractivity contribution < 1.29 is 19.1 Å². The first-order valence-corrected chi connectivity index (χ1v) is 11.7. The molecule has 2 aliphatic rings. The number of hydrogen-bond donors (Lipinski definition) is 1. The van der Waals surface area contributed by atoms with Gasteiger partial charge in [0.2, 0.25) is 5.91 Å². The maximum Gasteiger partial charge on any atom is 0.268 e. The molecule has 178 valence electrons. The van der Waals surface area contributed by atoms with Crippen molar-refractivity contribution in [2.24, 2.45) is 5.92 Å². The lowest BCUT2D eigenvalue weighted by Gasteiger charge is -2.25. The summed E-state index contributed by atoms with van der Waals surface area (Å²) in [6.45, 7) is 1.92. The number of amides is 3. The minimum absolute atomic E-state index is 0.171. The molecule has 5 rings (SSSR count). The Bertz CT molecular complexity index is 1330. The van der Waals surface area contributed by atoms with Crippen LogP contribution in [0, 0.1) is 12.8 Å². The summed E-state index contributed by atoms with van der Waals surface area (Å²) in [6, 6.07) is 17.1. The summed E-state index contributed by atoms with van der Waals surface area (Å²) in [5, 5.41) is 1.82. The monoisotopic (exact) mass is 509 g/mol. The molecular formula is C26H21Cl2N3O4. The molecule has 2 aliphatic heterocycles. The van der Waals surface area contributed by atoms with Gasteiger partial charge in [-0.15, -0.1) is 0 Å². The smallest absolute Gasteiger partial charge is 0.268 e. The van der Waals surface area contributed by atoms with Crippen LogP contribution in [0.3, 0.4) is 0 Å². The Kier molecular flexibility index (Phi) is 6.01. The van der Waals surface area contributed by atoms with E-state index < -0.39 is 35.7 Å². The van der Waals surface area contributed by atoms with Crippen molar-refractivity contribution in [3.8, 4) is 5.75 Å². The second kappa shape index (κ2) is 9.00. The van der Waals surface area contributed by atoms with E-state index in [0.29, 0.717) is 16.3 Å². The minimum Gasteiger partial charge on any atom is -0.497 e. The standard InChI is InChI=1S/C26H21Cl2N3O4/c1-14-3-5-16(6-4-14)24(32)31-23-21(22(29-31)15-7-10-18(35-2)11-8-15)25(33)30(26(23)34)20-12-9-17(27)13-19(20)28/h3-13,21-23,29H,1-2H3. The summed E-state index contributed by atoms with van der Waals surface area (Å²) in [4.78, 5) is 41.9. The fourth-order valence-corrected chi connectivity index (χ4v) is 5.09. The third kappa shape index (κ3) is 3.95. The normalized spacial score (nSPS) is 21.4. The molecular weight excluding hydrogens is 489 g/mol. The first kappa shape index (κ1) is 23.4. The number of halogens is 2. The van der Waals surface area contributed by atoms with Crippen LogP contribution in [0.15, 0.2) is 66.7 Å². The minimum atomic E-state index is -1.05. The maximum absolute atomic E-state index is 13.7. The number of aryl methyl sites for hydroxylation is 1. The molecule has 3 atom stereocenters. The van der Waals surface area contributed by atoms with E-state index in [2.05, 4.69) is 5.43 Å². The first-order chi connectivity index (χ1) is 16.8. The third-order valence-electron chi connectivity index (χ3n) is 6.38. The number of imide groups is 1. The Morgan fingerprint density at radius 2 is 1.63 bits per heavy atom. The number of methoxy groups -OCH3 is 1. The summed E-state index contributed by atoms with van der Waals surface area (Å²) >= 11 is 12.4. The average molecular weight is 510 g/mol. The van der Waals surface area contributed by atoms with E-state index in [1.165, 1.54) is 17.1 Å². The highest BCUT2D eigenvalue weighted by atomic mass is 35.5. The molecule has 0 saturated carbocycles. The quantitative estimate of drug-likeness (QED) is 0.521. The van der Waals surface area contributed by atoms with Gasteiger partial charge in [-0.25, -0.2) is 10.3 Å². The number of nitrogens with one attached hydrogen (secondary N) is 1. The highest BCUT2D eigenvalue weighted by molar-refractivity contribution is 6.38. The van der Waals surface area contributed by atoms with Crippen molar-refractivity contribution in [1.29, 1.82) is 0 Å².